The second-order valence-corrected chi connectivity index (χ2v) is 4.31. The lowest BCUT2D eigenvalue weighted by Gasteiger charge is -2.27. The molecular weight excluding hydrogens is 194 g/mol. The Hall–Kier alpha value is -0.755. The zero-order valence-corrected chi connectivity index (χ0v) is 8.71. The Labute approximate surface area is 89.9 Å². The fourth-order valence-electron chi connectivity index (χ4n) is 1.87. The van der Waals surface area contributed by atoms with E-state index in [0.717, 1.165) is 12.0 Å². The summed E-state index contributed by atoms with van der Waals surface area (Å²) in [6, 6.07) is 5.44. The average molecular weight is 204 g/mol. The van der Waals surface area contributed by atoms with E-state index in [1.54, 1.807) is 6.07 Å². The molecule has 3 heteroatoms. The molecule has 0 spiro atoms. The van der Waals surface area contributed by atoms with Crippen LogP contribution in [0.2, 0.25) is 10.8 Å². The summed E-state index contributed by atoms with van der Waals surface area (Å²) in [4.78, 5) is 11.8. The topological polar surface area (TPSA) is 17.1 Å². The van der Waals surface area contributed by atoms with Gasteiger partial charge in [-0.15, -0.1) is 0 Å². The van der Waals surface area contributed by atoms with Crippen LogP contribution in [-0.2, 0) is 6.42 Å². The van der Waals surface area contributed by atoms with E-state index in [0.29, 0.717) is 10.6 Å². The first kappa shape index (κ1) is 9.79. The highest BCUT2D eigenvalue weighted by Gasteiger charge is 2.28. The molecule has 1 aliphatic carbocycles. The van der Waals surface area contributed by atoms with Crippen molar-refractivity contribution >= 4 is 25.2 Å². The Morgan fingerprint density at radius 1 is 1.50 bits per heavy atom. The van der Waals surface area contributed by atoms with Crippen molar-refractivity contribution in [1.82, 2.24) is 0 Å². The third-order valence-electron chi connectivity index (χ3n) is 2.80. The second-order valence-electron chi connectivity index (χ2n) is 3.87. The maximum atomic E-state index is 11.8. The van der Waals surface area contributed by atoms with Crippen LogP contribution in [0.3, 0.4) is 0 Å². The molecular formula is C11H10BClO. The smallest absolute Gasteiger partial charge is 0.157 e. The minimum atomic E-state index is -0.374. The molecule has 2 unspecified atom stereocenters. The van der Waals surface area contributed by atoms with Gasteiger partial charge < -0.3 is 0 Å². The van der Waals surface area contributed by atoms with Gasteiger partial charge in [-0.2, -0.15) is 0 Å². The molecule has 0 heterocycles. The zero-order chi connectivity index (χ0) is 10.3. The van der Waals surface area contributed by atoms with Crippen molar-refractivity contribution in [2.45, 2.75) is 19.2 Å². The van der Waals surface area contributed by atoms with E-state index in [9.17, 15) is 4.79 Å². The predicted molar refractivity (Wildman–Crippen MR) is 58.2 cm³/mol. The van der Waals surface area contributed by atoms with Gasteiger partial charge in [-0.25, -0.2) is 0 Å². The quantitative estimate of drug-likeness (QED) is 0.594. The van der Waals surface area contributed by atoms with Gasteiger partial charge in [0.1, 0.15) is 0 Å². The zero-order valence-electron chi connectivity index (χ0n) is 7.96. The molecule has 1 nitrogen and oxygen atoms in total. The van der Waals surface area contributed by atoms with Crippen molar-refractivity contribution in [1.29, 1.82) is 0 Å². The average Bonchev–Trinajstić information content (AvgIpc) is 2.16. The van der Waals surface area contributed by atoms with Crippen LogP contribution in [0.5, 0.6) is 0 Å². The summed E-state index contributed by atoms with van der Waals surface area (Å²) >= 11 is 5.83. The Bertz CT molecular complexity index is 389. The fourth-order valence-corrected chi connectivity index (χ4v) is 2.04. The molecule has 0 aliphatic heterocycles. The van der Waals surface area contributed by atoms with E-state index in [2.05, 4.69) is 0 Å². The minimum absolute atomic E-state index is 0.0150. The molecule has 1 aromatic carbocycles. The summed E-state index contributed by atoms with van der Waals surface area (Å²) in [5.74, 6) is -0.140. The molecule has 70 valence electrons. The number of rotatable bonds is 0. The van der Waals surface area contributed by atoms with Gasteiger partial charge in [-0.1, -0.05) is 24.6 Å². The molecule has 1 aliphatic rings. The molecule has 2 rings (SSSR count). The molecule has 1 aromatic rings. The molecule has 14 heavy (non-hydrogen) atoms. The lowest BCUT2D eigenvalue weighted by atomic mass is 9.66. The van der Waals surface area contributed by atoms with Crippen molar-refractivity contribution in [3.63, 3.8) is 0 Å². The number of hydrogen-bond acceptors (Lipinski definition) is 1. The number of ketones is 1. The maximum absolute atomic E-state index is 11.8. The summed E-state index contributed by atoms with van der Waals surface area (Å²) in [6.07, 6.45) is 0.861. The normalized spacial score (nSPS) is 26.0. The summed E-state index contributed by atoms with van der Waals surface area (Å²) in [7, 11) is 5.79. The summed E-state index contributed by atoms with van der Waals surface area (Å²) in [6.45, 7) is 2.00. The van der Waals surface area contributed by atoms with Crippen LogP contribution in [0.1, 0.15) is 22.8 Å². The van der Waals surface area contributed by atoms with Crippen LogP contribution in [0.4, 0.5) is 0 Å². The second kappa shape index (κ2) is 3.43. The number of halogens is 1. The van der Waals surface area contributed by atoms with Crippen molar-refractivity contribution < 1.29 is 4.79 Å². The standard InChI is InChI=1S/C11H10BClO/c1-6-4-7-2-3-8(13)5-9(7)11(14)10(6)12/h2-3,5-6,10H,4H2,1H3. The molecule has 0 aromatic heterocycles. The van der Waals surface area contributed by atoms with E-state index in [1.165, 1.54) is 0 Å². The first-order valence-corrected chi connectivity index (χ1v) is 5.05. The van der Waals surface area contributed by atoms with Gasteiger partial charge in [-0.3, -0.25) is 4.79 Å². The van der Waals surface area contributed by atoms with Gasteiger partial charge in [-0.05, 0) is 35.9 Å². The highest BCUT2D eigenvalue weighted by atomic mass is 35.5. The molecule has 0 N–H and O–H groups in total. The van der Waals surface area contributed by atoms with Crippen LogP contribution in [-0.4, -0.2) is 13.6 Å². The Morgan fingerprint density at radius 2 is 2.21 bits per heavy atom. The highest BCUT2D eigenvalue weighted by Crippen LogP contribution is 2.33. The number of fused-ring (bicyclic) bond motifs is 1. The van der Waals surface area contributed by atoms with Crippen molar-refractivity contribution in [2.24, 2.45) is 5.92 Å². The fraction of sp³-hybridized carbons (Fsp3) is 0.364. The molecule has 0 amide bonds. The largest absolute Gasteiger partial charge is 0.295 e. The van der Waals surface area contributed by atoms with E-state index in [4.69, 9.17) is 19.4 Å². The van der Waals surface area contributed by atoms with Gasteiger partial charge in [0.25, 0.3) is 0 Å². The third-order valence-corrected chi connectivity index (χ3v) is 3.03. The number of carbonyl (C=O) groups excluding carboxylic acids is 1. The highest BCUT2D eigenvalue weighted by molar-refractivity contribution is 6.32. The van der Waals surface area contributed by atoms with Crippen molar-refractivity contribution in [3.8, 4) is 0 Å². The van der Waals surface area contributed by atoms with Gasteiger partial charge >= 0.3 is 0 Å². The lowest BCUT2D eigenvalue weighted by Crippen LogP contribution is -2.25. The number of benzene rings is 1. The van der Waals surface area contributed by atoms with Crippen LogP contribution in [0, 0.1) is 5.92 Å². The molecule has 2 atom stereocenters. The minimum Gasteiger partial charge on any atom is -0.295 e. The van der Waals surface area contributed by atoms with Gasteiger partial charge in [0.15, 0.2) is 5.78 Å². The first-order chi connectivity index (χ1) is 6.59. The first-order valence-electron chi connectivity index (χ1n) is 4.68. The van der Waals surface area contributed by atoms with Crippen LogP contribution >= 0.6 is 11.6 Å². The summed E-state index contributed by atoms with van der Waals surface area (Å²) < 4.78 is 0. The molecule has 0 bridgehead atoms. The third kappa shape index (κ3) is 1.48. The monoisotopic (exact) mass is 204 g/mol. The van der Waals surface area contributed by atoms with Crippen molar-refractivity contribution in [2.75, 3.05) is 0 Å². The van der Waals surface area contributed by atoms with Crippen LogP contribution in [0.25, 0.3) is 0 Å². The number of Topliss-reactive ketones (excluding diaryl/α,β-unsaturated/α-hetero) is 1. The van der Waals surface area contributed by atoms with E-state index in [1.807, 2.05) is 19.1 Å². The molecule has 0 saturated carbocycles. The number of hydrogen-bond donors (Lipinski definition) is 0. The Balaban J connectivity index is 2.51. The van der Waals surface area contributed by atoms with E-state index in [-0.39, 0.29) is 17.5 Å². The molecule has 0 fully saturated rings. The van der Waals surface area contributed by atoms with Gasteiger partial charge in [0.05, 0.1) is 7.85 Å². The SMILES string of the molecule is [B]C1C(=O)c2cc(Cl)ccc2CC1C. The Morgan fingerprint density at radius 3 is 2.93 bits per heavy atom. The van der Waals surface area contributed by atoms with Crippen molar-refractivity contribution in [3.05, 3.63) is 34.3 Å². The summed E-state index contributed by atoms with van der Waals surface area (Å²) in [5, 5.41) is 0.596. The van der Waals surface area contributed by atoms with Crippen LogP contribution in [0.15, 0.2) is 18.2 Å². The van der Waals surface area contributed by atoms with E-state index >= 15 is 0 Å². The summed E-state index contributed by atoms with van der Waals surface area (Å²) in [5.41, 5.74) is 1.76. The maximum Gasteiger partial charge on any atom is 0.157 e. The van der Waals surface area contributed by atoms with Crippen LogP contribution < -0.4 is 0 Å². The van der Waals surface area contributed by atoms with Gasteiger partial charge in [0.2, 0.25) is 0 Å². The number of carbonyl (C=O) groups is 1. The van der Waals surface area contributed by atoms with Gasteiger partial charge in [0, 0.05) is 10.6 Å². The Kier molecular flexibility index (Phi) is 2.40. The lowest BCUT2D eigenvalue weighted by molar-refractivity contribution is 0.0954. The molecule has 0 saturated heterocycles. The predicted octanol–water partition coefficient (Wildman–Crippen LogP) is 2.67. The van der Waals surface area contributed by atoms with E-state index < -0.39 is 0 Å². The molecule has 2 radical (unpaired) electrons.